The summed E-state index contributed by atoms with van der Waals surface area (Å²) < 4.78 is 5.77. The van der Waals surface area contributed by atoms with Gasteiger partial charge in [-0.15, -0.1) is 0 Å². The number of ether oxygens (including phenoxy) is 1. The highest BCUT2D eigenvalue weighted by molar-refractivity contribution is 9.10. The van der Waals surface area contributed by atoms with Crippen LogP contribution in [0.2, 0.25) is 0 Å². The first kappa shape index (κ1) is 11.6. The van der Waals surface area contributed by atoms with Crippen molar-refractivity contribution in [2.75, 3.05) is 19.0 Å². The smallest absolute Gasteiger partial charge is 0.232 e. The predicted molar refractivity (Wildman–Crippen MR) is 63.6 cm³/mol. The summed E-state index contributed by atoms with van der Waals surface area (Å²) in [5.74, 6) is 0.957. The molecule has 0 atom stereocenters. The fourth-order valence-electron chi connectivity index (χ4n) is 1.59. The van der Waals surface area contributed by atoms with Crippen molar-refractivity contribution in [1.29, 1.82) is 0 Å². The highest BCUT2D eigenvalue weighted by Crippen LogP contribution is 2.31. The van der Waals surface area contributed by atoms with E-state index in [2.05, 4.69) is 31.2 Å². The minimum absolute atomic E-state index is 0.473. The lowest BCUT2D eigenvalue weighted by Gasteiger charge is -2.36. The molecule has 88 valence electrons. The van der Waals surface area contributed by atoms with Crippen molar-refractivity contribution >= 4 is 21.9 Å². The van der Waals surface area contributed by atoms with Gasteiger partial charge in [0.25, 0.3) is 0 Å². The predicted octanol–water partition coefficient (Wildman–Crippen LogP) is 1.57. The first-order valence-electron chi connectivity index (χ1n) is 5.16. The Morgan fingerprint density at radius 1 is 1.62 bits per heavy atom. The molecule has 2 rings (SSSR count). The molecule has 0 aliphatic heterocycles. The SMILES string of the molecule is COc1nc(NCC2(O)CCC2)ncc1Br. The van der Waals surface area contributed by atoms with Gasteiger partial charge in [0.1, 0.15) is 0 Å². The van der Waals surface area contributed by atoms with Gasteiger partial charge in [-0.2, -0.15) is 4.98 Å². The monoisotopic (exact) mass is 287 g/mol. The molecule has 0 unspecified atom stereocenters. The molecular formula is C10H14BrN3O2. The first-order valence-corrected chi connectivity index (χ1v) is 5.95. The average molecular weight is 288 g/mol. The van der Waals surface area contributed by atoms with E-state index >= 15 is 0 Å². The third kappa shape index (κ3) is 2.44. The summed E-state index contributed by atoms with van der Waals surface area (Å²) in [6.45, 7) is 0.484. The molecule has 1 fully saturated rings. The first-order chi connectivity index (χ1) is 7.63. The fourth-order valence-corrected chi connectivity index (χ4v) is 1.94. The number of nitrogens with zero attached hydrogens (tertiary/aromatic N) is 2. The van der Waals surface area contributed by atoms with E-state index in [1.54, 1.807) is 13.3 Å². The second kappa shape index (κ2) is 4.55. The van der Waals surface area contributed by atoms with Crippen LogP contribution in [0, 0.1) is 0 Å². The Kier molecular flexibility index (Phi) is 3.30. The quantitative estimate of drug-likeness (QED) is 0.880. The fraction of sp³-hybridized carbons (Fsp3) is 0.600. The van der Waals surface area contributed by atoms with Gasteiger partial charge in [0.05, 0.1) is 23.4 Å². The number of aromatic nitrogens is 2. The van der Waals surface area contributed by atoms with E-state index in [1.165, 1.54) is 0 Å². The van der Waals surface area contributed by atoms with Crippen molar-refractivity contribution in [2.24, 2.45) is 0 Å². The highest BCUT2D eigenvalue weighted by atomic mass is 79.9. The van der Waals surface area contributed by atoms with Crippen molar-refractivity contribution in [3.8, 4) is 5.88 Å². The van der Waals surface area contributed by atoms with Crippen LogP contribution in [0.4, 0.5) is 5.95 Å². The molecule has 0 spiro atoms. The molecule has 2 N–H and O–H groups in total. The number of methoxy groups -OCH3 is 1. The Hall–Kier alpha value is -0.880. The van der Waals surface area contributed by atoms with Crippen molar-refractivity contribution in [3.05, 3.63) is 10.7 Å². The van der Waals surface area contributed by atoms with Gasteiger partial charge in [-0.3, -0.25) is 0 Å². The maximum atomic E-state index is 9.89. The van der Waals surface area contributed by atoms with Gasteiger partial charge in [0.2, 0.25) is 11.8 Å². The maximum absolute atomic E-state index is 9.89. The van der Waals surface area contributed by atoms with Gasteiger partial charge in [0.15, 0.2) is 0 Å². The van der Waals surface area contributed by atoms with Gasteiger partial charge >= 0.3 is 0 Å². The van der Waals surface area contributed by atoms with Crippen LogP contribution in [0.15, 0.2) is 10.7 Å². The molecule has 1 saturated carbocycles. The molecule has 0 bridgehead atoms. The summed E-state index contributed by atoms with van der Waals surface area (Å²) in [6, 6.07) is 0. The zero-order valence-electron chi connectivity index (χ0n) is 9.03. The van der Waals surface area contributed by atoms with E-state index in [-0.39, 0.29) is 0 Å². The van der Waals surface area contributed by atoms with Crippen LogP contribution in [0.25, 0.3) is 0 Å². The molecule has 5 nitrogen and oxygen atoms in total. The second-order valence-electron chi connectivity index (χ2n) is 3.98. The van der Waals surface area contributed by atoms with E-state index in [0.29, 0.717) is 22.8 Å². The molecule has 1 aliphatic carbocycles. The summed E-state index contributed by atoms with van der Waals surface area (Å²) in [6.07, 6.45) is 4.39. The van der Waals surface area contributed by atoms with E-state index in [4.69, 9.17) is 4.74 Å². The lowest BCUT2D eigenvalue weighted by molar-refractivity contribution is -0.0203. The Morgan fingerprint density at radius 2 is 2.38 bits per heavy atom. The molecule has 1 aliphatic rings. The number of hydrogen-bond donors (Lipinski definition) is 2. The van der Waals surface area contributed by atoms with Crippen molar-refractivity contribution in [3.63, 3.8) is 0 Å². The lowest BCUT2D eigenvalue weighted by atomic mass is 9.80. The Balaban J connectivity index is 1.98. The van der Waals surface area contributed by atoms with E-state index < -0.39 is 5.60 Å². The second-order valence-corrected chi connectivity index (χ2v) is 4.84. The maximum Gasteiger partial charge on any atom is 0.232 e. The third-order valence-electron chi connectivity index (χ3n) is 2.77. The van der Waals surface area contributed by atoms with Crippen LogP contribution in [0.5, 0.6) is 5.88 Å². The molecule has 0 aromatic carbocycles. The minimum atomic E-state index is -0.580. The standard InChI is InChI=1S/C10H14BrN3O2/c1-16-8-7(11)5-12-9(14-8)13-6-10(15)3-2-4-10/h5,15H,2-4,6H2,1H3,(H,12,13,14). The highest BCUT2D eigenvalue weighted by Gasteiger charge is 2.34. The average Bonchev–Trinajstić information content (AvgIpc) is 2.25. The summed E-state index contributed by atoms with van der Waals surface area (Å²) in [4.78, 5) is 8.24. The van der Waals surface area contributed by atoms with Gasteiger partial charge in [0, 0.05) is 6.54 Å². The zero-order chi connectivity index (χ0) is 11.6. The minimum Gasteiger partial charge on any atom is -0.480 e. The summed E-state index contributed by atoms with van der Waals surface area (Å²) in [7, 11) is 1.55. The summed E-state index contributed by atoms with van der Waals surface area (Å²) in [5, 5.41) is 12.9. The van der Waals surface area contributed by atoms with E-state index in [0.717, 1.165) is 19.3 Å². The van der Waals surface area contributed by atoms with Crippen LogP contribution < -0.4 is 10.1 Å². The van der Waals surface area contributed by atoms with Gasteiger partial charge in [-0.1, -0.05) is 0 Å². The molecule has 1 aromatic heterocycles. The summed E-state index contributed by atoms with van der Waals surface area (Å²) >= 11 is 3.28. The van der Waals surface area contributed by atoms with E-state index in [1.807, 2.05) is 0 Å². The van der Waals surface area contributed by atoms with Crippen LogP contribution in [0.1, 0.15) is 19.3 Å². The molecule has 0 radical (unpaired) electrons. The van der Waals surface area contributed by atoms with Crippen molar-refractivity contribution in [2.45, 2.75) is 24.9 Å². The van der Waals surface area contributed by atoms with Crippen LogP contribution in [-0.2, 0) is 0 Å². The Labute approximate surface area is 102 Å². The molecule has 16 heavy (non-hydrogen) atoms. The molecule has 1 heterocycles. The van der Waals surface area contributed by atoms with Crippen LogP contribution in [-0.4, -0.2) is 34.3 Å². The normalized spacial score (nSPS) is 17.7. The largest absolute Gasteiger partial charge is 0.480 e. The summed E-state index contributed by atoms with van der Waals surface area (Å²) in [5.41, 5.74) is -0.580. The molecular weight excluding hydrogens is 274 g/mol. The van der Waals surface area contributed by atoms with Crippen LogP contribution >= 0.6 is 15.9 Å². The molecule has 1 aromatic rings. The zero-order valence-corrected chi connectivity index (χ0v) is 10.6. The molecule has 6 heteroatoms. The van der Waals surface area contributed by atoms with Crippen molar-refractivity contribution in [1.82, 2.24) is 9.97 Å². The number of nitrogens with one attached hydrogen (secondary N) is 1. The van der Waals surface area contributed by atoms with Gasteiger partial charge < -0.3 is 15.2 Å². The van der Waals surface area contributed by atoms with Gasteiger partial charge in [-0.05, 0) is 35.2 Å². The Morgan fingerprint density at radius 3 is 2.94 bits per heavy atom. The Bertz CT molecular complexity index is 382. The third-order valence-corrected chi connectivity index (χ3v) is 3.31. The number of aliphatic hydroxyl groups is 1. The number of anilines is 1. The number of hydrogen-bond acceptors (Lipinski definition) is 5. The molecule has 0 saturated heterocycles. The van der Waals surface area contributed by atoms with Crippen molar-refractivity contribution < 1.29 is 9.84 Å². The topological polar surface area (TPSA) is 67.3 Å². The lowest BCUT2D eigenvalue weighted by Crippen LogP contribution is -2.43. The number of rotatable bonds is 4. The molecule has 0 amide bonds. The van der Waals surface area contributed by atoms with Crippen LogP contribution in [0.3, 0.4) is 0 Å². The van der Waals surface area contributed by atoms with Gasteiger partial charge in [-0.25, -0.2) is 4.98 Å². The van der Waals surface area contributed by atoms with E-state index in [9.17, 15) is 5.11 Å². The number of halogens is 1.